The summed E-state index contributed by atoms with van der Waals surface area (Å²) in [7, 11) is -3.46. The fourth-order valence-electron chi connectivity index (χ4n) is 2.51. The average molecular weight is 346 g/mol. The van der Waals surface area contributed by atoms with Gasteiger partial charge in [-0.1, -0.05) is 72.3 Å². The minimum Gasteiger partial charge on any atom is -0.212 e. The van der Waals surface area contributed by atoms with Gasteiger partial charge in [0, 0.05) is 11.6 Å². The first kappa shape index (κ1) is 16.0. The molecule has 1 N–H and O–H groups in total. The molecule has 0 aliphatic rings. The summed E-state index contributed by atoms with van der Waals surface area (Å²) in [5.74, 6) is -0.128. The van der Waals surface area contributed by atoms with Gasteiger partial charge in [-0.15, -0.1) is 0 Å². The third-order valence-corrected chi connectivity index (χ3v) is 5.31. The number of hydrogen-bond acceptors (Lipinski definition) is 2. The molecule has 3 aromatic carbocycles. The molecule has 0 bridgehead atoms. The molecule has 23 heavy (non-hydrogen) atoms. The summed E-state index contributed by atoms with van der Waals surface area (Å²) < 4.78 is 27.2. The Balaban J connectivity index is 1.78. The lowest BCUT2D eigenvalue weighted by Crippen LogP contribution is -2.24. The minimum absolute atomic E-state index is 0.128. The summed E-state index contributed by atoms with van der Waals surface area (Å²) in [4.78, 5) is 0. The van der Waals surface area contributed by atoms with E-state index in [0.29, 0.717) is 10.6 Å². The van der Waals surface area contributed by atoms with Gasteiger partial charge in [0.25, 0.3) is 0 Å². The molecular formula is C18H16ClNO2S. The van der Waals surface area contributed by atoms with E-state index in [9.17, 15) is 8.42 Å². The fraction of sp³-hybridized carbons (Fsp3) is 0.111. The summed E-state index contributed by atoms with van der Waals surface area (Å²) in [5.41, 5.74) is 1.55. The number of fused-ring (bicyclic) bond motifs is 1. The van der Waals surface area contributed by atoms with Crippen molar-refractivity contribution in [2.45, 2.75) is 12.3 Å². The summed E-state index contributed by atoms with van der Waals surface area (Å²) in [6.45, 7) is 0.258. The Morgan fingerprint density at radius 2 is 1.48 bits per heavy atom. The van der Waals surface area contributed by atoms with E-state index >= 15 is 0 Å². The molecule has 0 unspecified atom stereocenters. The van der Waals surface area contributed by atoms with Crippen LogP contribution in [0.4, 0.5) is 0 Å². The molecule has 118 valence electrons. The van der Waals surface area contributed by atoms with Crippen LogP contribution in [0, 0.1) is 0 Å². The van der Waals surface area contributed by atoms with Crippen LogP contribution in [0.1, 0.15) is 11.1 Å². The number of nitrogens with one attached hydrogen (secondary N) is 1. The maximum absolute atomic E-state index is 12.3. The molecule has 0 saturated carbocycles. The Labute approximate surface area is 141 Å². The average Bonchev–Trinajstić information content (AvgIpc) is 2.55. The quantitative estimate of drug-likeness (QED) is 0.756. The lowest BCUT2D eigenvalue weighted by molar-refractivity contribution is 0.580. The zero-order chi connectivity index (χ0) is 16.3. The van der Waals surface area contributed by atoms with Crippen molar-refractivity contribution in [3.63, 3.8) is 0 Å². The molecule has 0 fully saturated rings. The molecule has 0 radical (unpaired) electrons. The Kier molecular flexibility index (Phi) is 4.66. The van der Waals surface area contributed by atoms with E-state index in [1.807, 2.05) is 42.5 Å². The van der Waals surface area contributed by atoms with Gasteiger partial charge in [-0.3, -0.25) is 0 Å². The van der Waals surface area contributed by atoms with Crippen molar-refractivity contribution < 1.29 is 8.42 Å². The fourth-order valence-corrected chi connectivity index (χ4v) is 3.93. The molecule has 0 atom stereocenters. The maximum Gasteiger partial charge on any atom is 0.216 e. The predicted octanol–water partition coefficient (Wildman–Crippen LogP) is 4.11. The number of rotatable bonds is 5. The number of sulfonamides is 1. The van der Waals surface area contributed by atoms with Crippen molar-refractivity contribution in [2.75, 3.05) is 0 Å². The van der Waals surface area contributed by atoms with Gasteiger partial charge < -0.3 is 0 Å². The van der Waals surface area contributed by atoms with Crippen molar-refractivity contribution >= 4 is 32.4 Å². The molecule has 0 saturated heterocycles. The highest BCUT2D eigenvalue weighted by Gasteiger charge is 2.14. The molecule has 0 aromatic heterocycles. The van der Waals surface area contributed by atoms with E-state index in [4.69, 9.17) is 11.6 Å². The Morgan fingerprint density at radius 1 is 0.826 bits per heavy atom. The number of benzene rings is 3. The lowest BCUT2D eigenvalue weighted by atomic mass is 10.1. The first-order valence-corrected chi connectivity index (χ1v) is 9.25. The summed E-state index contributed by atoms with van der Waals surface area (Å²) in [5, 5.41) is 2.61. The largest absolute Gasteiger partial charge is 0.216 e. The number of hydrogen-bond donors (Lipinski definition) is 1. The third kappa shape index (κ3) is 3.91. The van der Waals surface area contributed by atoms with Crippen molar-refractivity contribution in [3.8, 4) is 0 Å². The van der Waals surface area contributed by atoms with E-state index in [-0.39, 0.29) is 12.3 Å². The van der Waals surface area contributed by atoms with Crippen LogP contribution >= 0.6 is 11.6 Å². The van der Waals surface area contributed by atoms with Crippen LogP contribution in [0.3, 0.4) is 0 Å². The lowest BCUT2D eigenvalue weighted by Gasteiger charge is -2.10. The topological polar surface area (TPSA) is 46.2 Å². The van der Waals surface area contributed by atoms with Crippen LogP contribution in [-0.4, -0.2) is 8.42 Å². The highest BCUT2D eigenvalue weighted by molar-refractivity contribution is 7.88. The van der Waals surface area contributed by atoms with Crippen molar-refractivity contribution in [1.29, 1.82) is 0 Å². The van der Waals surface area contributed by atoms with E-state index < -0.39 is 10.0 Å². The molecule has 0 spiro atoms. The maximum atomic E-state index is 12.3. The first-order valence-electron chi connectivity index (χ1n) is 7.22. The van der Waals surface area contributed by atoms with Gasteiger partial charge in [0.2, 0.25) is 10.0 Å². The molecule has 0 heterocycles. The molecule has 0 aliphatic heterocycles. The van der Waals surface area contributed by atoms with Gasteiger partial charge in [-0.05, 0) is 28.0 Å². The van der Waals surface area contributed by atoms with Crippen molar-refractivity contribution in [3.05, 3.63) is 82.9 Å². The molecule has 3 nitrogen and oxygen atoms in total. The molecule has 0 amide bonds. The van der Waals surface area contributed by atoms with E-state index in [0.717, 1.165) is 16.3 Å². The highest BCUT2D eigenvalue weighted by Crippen LogP contribution is 2.20. The van der Waals surface area contributed by atoms with Crippen LogP contribution in [-0.2, 0) is 22.3 Å². The Hall–Kier alpha value is -1.88. The monoisotopic (exact) mass is 345 g/mol. The van der Waals surface area contributed by atoms with Gasteiger partial charge in [0.15, 0.2) is 0 Å². The second-order valence-corrected chi connectivity index (χ2v) is 7.52. The highest BCUT2D eigenvalue weighted by atomic mass is 35.5. The normalized spacial score (nSPS) is 11.7. The number of halogens is 1. The van der Waals surface area contributed by atoms with Gasteiger partial charge in [-0.2, -0.15) is 0 Å². The third-order valence-electron chi connectivity index (χ3n) is 3.67. The second kappa shape index (κ2) is 6.71. The van der Waals surface area contributed by atoms with Gasteiger partial charge in [-0.25, -0.2) is 13.1 Å². The van der Waals surface area contributed by atoms with E-state index in [1.54, 1.807) is 24.3 Å². The SMILES string of the molecule is O=S(=O)(Cc1ccccc1Cl)NCc1cccc2ccccc12. The van der Waals surface area contributed by atoms with Crippen LogP contribution < -0.4 is 4.72 Å². The van der Waals surface area contributed by atoms with Crippen LogP contribution in [0.15, 0.2) is 66.7 Å². The molecule has 3 rings (SSSR count). The molecule has 3 aromatic rings. The van der Waals surface area contributed by atoms with Crippen molar-refractivity contribution in [2.24, 2.45) is 0 Å². The van der Waals surface area contributed by atoms with Crippen LogP contribution in [0.5, 0.6) is 0 Å². The van der Waals surface area contributed by atoms with Gasteiger partial charge in [0.05, 0.1) is 5.75 Å². The zero-order valence-electron chi connectivity index (χ0n) is 12.4. The smallest absolute Gasteiger partial charge is 0.212 e. The molecular weight excluding hydrogens is 330 g/mol. The standard InChI is InChI=1S/C18H16ClNO2S/c19-18-11-4-2-7-16(18)13-23(21,22)20-12-15-9-5-8-14-6-1-3-10-17(14)15/h1-11,20H,12-13H2. The molecule has 5 heteroatoms. The Bertz CT molecular complexity index is 933. The van der Waals surface area contributed by atoms with E-state index in [1.165, 1.54) is 0 Å². The minimum atomic E-state index is -3.46. The van der Waals surface area contributed by atoms with Crippen molar-refractivity contribution in [1.82, 2.24) is 4.72 Å². The van der Waals surface area contributed by atoms with Gasteiger partial charge >= 0.3 is 0 Å². The molecule has 0 aliphatic carbocycles. The van der Waals surface area contributed by atoms with E-state index in [2.05, 4.69) is 4.72 Å². The summed E-state index contributed by atoms with van der Waals surface area (Å²) in [6, 6.07) is 20.8. The zero-order valence-corrected chi connectivity index (χ0v) is 13.9. The van der Waals surface area contributed by atoms with Crippen LogP contribution in [0.2, 0.25) is 5.02 Å². The van der Waals surface area contributed by atoms with Gasteiger partial charge in [0.1, 0.15) is 0 Å². The second-order valence-electron chi connectivity index (χ2n) is 5.31. The first-order chi connectivity index (χ1) is 11.1. The predicted molar refractivity (Wildman–Crippen MR) is 94.9 cm³/mol. The van der Waals surface area contributed by atoms with Crippen LogP contribution in [0.25, 0.3) is 10.8 Å². The summed E-state index contributed by atoms with van der Waals surface area (Å²) >= 11 is 6.03. The Morgan fingerprint density at radius 3 is 2.30 bits per heavy atom. The summed E-state index contributed by atoms with van der Waals surface area (Å²) in [6.07, 6.45) is 0.